The van der Waals surface area contributed by atoms with Crippen LogP contribution in [-0.4, -0.2) is 32.7 Å². The van der Waals surface area contributed by atoms with Gasteiger partial charge in [0.1, 0.15) is 18.1 Å². The Kier molecular flexibility index (Phi) is 5.98. The number of nitrogens with zero attached hydrogens (tertiary/aromatic N) is 4. The first-order valence-electron chi connectivity index (χ1n) is 8.72. The fourth-order valence-electron chi connectivity index (χ4n) is 2.49. The minimum atomic E-state index is -0.244. The van der Waals surface area contributed by atoms with Gasteiger partial charge in [0.05, 0.1) is 12.3 Å². The van der Waals surface area contributed by atoms with Gasteiger partial charge in [-0.2, -0.15) is 0 Å². The molecule has 0 aliphatic heterocycles. The third-order valence-corrected chi connectivity index (χ3v) is 3.80. The van der Waals surface area contributed by atoms with E-state index in [9.17, 15) is 4.79 Å². The van der Waals surface area contributed by atoms with Crippen molar-refractivity contribution in [3.8, 4) is 11.5 Å². The van der Waals surface area contributed by atoms with Gasteiger partial charge in [-0.05, 0) is 54.6 Å². The summed E-state index contributed by atoms with van der Waals surface area (Å²) in [6, 6.07) is 14.3. The Hall–Kier alpha value is -3.42. The minimum Gasteiger partial charge on any atom is -0.492 e. The summed E-state index contributed by atoms with van der Waals surface area (Å²) in [4.78, 5) is 12.6. The maximum atomic E-state index is 12.6. The molecule has 140 valence electrons. The monoisotopic (exact) mass is 367 g/mol. The zero-order valence-electron chi connectivity index (χ0n) is 15.3. The van der Waals surface area contributed by atoms with Gasteiger partial charge in [0.15, 0.2) is 5.82 Å². The highest BCUT2D eigenvalue weighted by atomic mass is 16.5. The number of aromatic nitrogens is 4. The van der Waals surface area contributed by atoms with Gasteiger partial charge < -0.3 is 14.8 Å². The van der Waals surface area contributed by atoms with Gasteiger partial charge in [0, 0.05) is 12.1 Å². The van der Waals surface area contributed by atoms with Crippen LogP contribution < -0.4 is 14.8 Å². The molecule has 0 spiro atoms. The summed E-state index contributed by atoms with van der Waals surface area (Å²) in [7, 11) is 0. The van der Waals surface area contributed by atoms with Crippen molar-refractivity contribution in [2.45, 2.75) is 27.0 Å². The lowest BCUT2D eigenvalue weighted by Crippen LogP contribution is -2.13. The van der Waals surface area contributed by atoms with E-state index in [1.165, 1.54) is 0 Å². The minimum absolute atomic E-state index is 0.221. The summed E-state index contributed by atoms with van der Waals surface area (Å²) >= 11 is 0. The van der Waals surface area contributed by atoms with Gasteiger partial charge in [-0.25, -0.2) is 4.68 Å². The molecule has 8 heteroatoms. The van der Waals surface area contributed by atoms with E-state index in [4.69, 9.17) is 9.47 Å². The quantitative estimate of drug-likeness (QED) is 0.658. The standard InChI is InChI=1S/C19H21N5O3/c1-3-24-18(21-22-23-24)13-27-15-9-7-8-14(12-15)19(25)20-16-10-5-6-11-17(16)26-4-2/h5-12H,3-4,13H2,1-2H3,(H,20,25). The van der Waals surface area contributed by atoms with E-state index in [-0.39, 0.29) is 12.5 Å². The number of benzene rings is 2. The normalized spacial score (nSPS) is 10.4. The fraction of sp³-hybridized carbons (Fsp3) is 0.263. The first-order chi connectivity index (χ1) is 13.2. The smallest absolute Gasteiger partial charge is 0.255 e. The van der Waals surface area contributed by atoms with Crippen LogP contribution >= 0.6 is 0 Å². The Morgan fingerprint density at radius 1 is 1.11 bits per heavy atom. The number of nitrogens with one attached hydrogen (secondary N) is 1. The van der Waals surface area contributed by atoms with E-state index in [1.54, 1.807) is 35.0 Å². The van der Waals surface area contributed by atoms with Gasteiger partial charge >= 0.3 is 0 Å². The summed E-state index contributed by atoms with van der Waals surface area (Å²) in [6.07, 6.45) is 0. The molecule has 1 aromatic heterocycles. The van der Waals surface area contributed by atoms with Crippen molar-refractivity contribution in [1.29, 1.82) is 0 Å². The second kappa shape index (κ2) is 8.79. The molecule has 3 rings (SSSR count). The molecule has 27 heavy (non-hydrogen) atoms. The van der Waals surface area contributed by atoms with E-state index >= 15 is 0 Å². The van der Waals surface area contributed by atoms with E-state index in [0.717, 1.165) is 0 Å². The molecule has 3 aromatic rings. The summed E-state index contributed by atoms with van der Waals surface area (Å²) in [5, 5.41) is 14.3. The third-order valence-electron chi connectivity index (χ3n) is 3.80. The fourth-order valence-corrected chi connectivity index (χ4v) is 2.49. The Bertz CT molecular complexity index is 910. The van der Waals surface area contributed by atoms with Crippen LogP contribution in [0, 0.1) is 0 Å². The summed E-state index contributed by atoms with van der Waals surface area (Å²) in [5.41, 5.74) is 1.10. The van der Waals surface area contributed by atoms with Crippen molar-refractivity contribution in [2.24, 2.45) is 0 Å². The van der Waals surface area contributed by atoms with Crippen LogP contribution in [0.4, 0.5) is 5.69 Å². The highest BCUT2D eigenvalue weighted by Gasteiger charge is 2.11. The number of anilines is 1. The van der Waals surface area contributed by atoms with Crippen LogP contribution in [0.2, 0.25) is 0 Å². The molecular weight excluding hydrogens is 346 g/mol. The predicted octanol–water partition coefficient (Wildman–Crippen LogP) is 2.92. The molecule has 8 nitrogen and oxygen atoms in total. The number of carbonyl (C=O) groups excluding carboxylic acids is 1. The van der Waals surface area contributed by atoms with Gasteiger partial charge in [-0.3, -0.25) is 4.79 Å². The van der Waals surface area contributed by atoms with Crippen molar-refractivity contribution < 1.29 is 14.3 Å². The number of hydrogen-bond acceptors (Lipinski definition) is 6. The van der Waals surface area contributed by atoms with E-state index in [0.29, 0.717) is 41.7 Å². The van der Waals surface area contributed by atoms with Crippen molar-refractivity contribution in [3.63, 3.8) is 0 Å². The maximum absolute atomic E-state index is 12.6. The first-order valence-corrected chi connectivity index (χ1v) is 8.72. The largest absolute Gasteiger partial charge is 0.492 e. The number of ether oxygens (including phenoxy) is 2. The molecule has 1 heterocycles. The molecule has 0 saturated heterocycles. The summed E-state index contributed by atoms with van der Waals surface area (Å²) in [6.45, 7) is 5.25. The van der Waals surface area contributed by atoms with E-state index < -0.39 is 0 Å². The van der Waals surface area contributed by atoms with Crippen molar-refractivity contribution in [1.82, 2.24) is 20.2 Å². The summed E-state index contributed by atoms with van der Waals surface area (Å²) < 4.78 is 12.9. The number of para-hydroxylation sites is 2. The molecule has 0 saturated carbocycles. The molecule has 1 amide bonds. The SMILES string of the molecule is CCOc1ccccc1NC(=O)c1cccc(OCc2nnnn2CC)c1. The van der Waals surface area contributed by atoms with E-state index in [1.807, 2.05) is 32.0 Å². The lowest BCUT2D eigenvalue weighted by molar-refractivity contribution is 0.102. The Morgan fingerprint density at radius 3 is 2.78 bits per heavy atom. The van der Waals surface area contributed by atoms with Crippen LogP contribution in [-0.2, 0) is 13.2 Å². The average Bonchev–Trinajstić information content (AvgIpc) is 3.16. The second-order valence-electron chi connectivity index (χ2n) is 5.61. The highest BCUT2D eigenvalue weighted by Crippen LogP contribution is 2.25. The second-order valence-corrected chi connectivity index (χ2v) is 5.61. The molecule has 0 radical (unpaired) electrons. The molecule has 0 fully saturated rings. The zero-order valence-corrected chi connectivity index (χ0v) is 15.3. The van der Waals surface area contributed by atoms with Crippen LogP contribution in [0.3, 0.4) is 0 Å². The van der Waals surface area contributed by atoms with Gasteiger partial charge in [0.2, 0.25) is 0 Å². The third kappa shape index (κ3) is 4.60. The van der Waals surface area contributed by atoms with Crippen molar-refractivity contribution in [2.75, 3.05) is 11.9 Å². The average molecular weight is 367 g/mol. The molecule has 0 unspecified atom stereocenters. The zero-order chi connectivity index (χ0) is 19.1. The van der Waals surface area contributed by atoms with Crippen LogP contribution in [0.15, 0.2) is 48.5 Å². The lowest BCUT2D eigenvalue weighted by Gasteiger charge is -2.12. The maximum Gasteiger partial charge on any atom is 0.255 e. The topological polar surface area (TPSA) is 91.2 Å². The molecule has 1 N–H and O–H groups in total. The first kappa shape index (κ1) is 18.4. The summed E-state index contributed by atoms with van der Waals surface area (Å²) in [5.74, 6) is 1.57. The number of rotatable bonds is 8. The molecule has 0 aliphatic carbocycles. The number of carbonyl (C=O) groups is 1. The van der Waals surface area contributed by atoms with Gasteiger partial charge in [-0.1, -0.05) is 18.2 Å². The predicted molar refractivity (Wildman–Crippen MR) is 99.8 cm³/mol. The molecule has 0 bridgehead atoms. The molecule has 0 atom stereocenters. The number of aryl methyl sites for hydroxylation is 1. The Labute approximate surface area is 157 Å². The van der Waals surface area contributed by atoms with Gasteiger partial charge in [0.25, 0.3) is 5.91 Å². The Balaban J connectivity index is 1.69. The molecular formula is C19H21N5O3. The van der Waals surface area contributed by atoms with Crippen molar-refractivity contribution >= 4 is 11.6 Å². The van der Waals surface area contributed by atoms with Crippen molar-refractivity contribution in [3.05, 3.63) is 59.9 Å². The number of hydrogen-bond donors (Lipinski definition) is 1. The van der Waals surface area contributed by atoms with Gasteiger partial charge in [-0.15, -0.1) is 5.10 Å². The van der Waals surface area contributed by atoms with E-state index in [2.05, 4.69) is 20.8 Å². The number of tetrazole rings is 1. The molecule has 2 aromatic carbocycles. The highest BCUT2D eigenvalue weighted by molar-refractivity contribution is 6.05. The number of amides is 1. The Morgan fingerprint density at radius 2 is 1.96 bits per heavy atom. The van der Waals surface area contributed by atoms with Crippen LogP contribution in [0.25, 0.3) is 0 Å². The van der Waals surface area contributed by atoms with Crippen LogP contribution in [0.1, 0.15) is 30.0 Å². The molecule has 0 aliphatic rings. The van der Waals surface area contributed by atoms with Crippen LogP contribution in [0.5, 0.6) is 11.5 Å². The lowest BCUT2D eigenvalue weighted by atomic mass is 10.2.